The number of carbonyl (C=O) groups is 2. The molecule has 0 bridgehead atoms. The van der Waals surface area contributed by atoms with Crippen LogP contribution in [0.2, 0.25) is 0 Å². The van der Waals surface area contributed by atoms with Gasteiger partial charge in [-0.3, -0.25) is 14.5 Å². The van der Waals surface area contributed by atoms with Crippen LogP contribution in [0.4, 0.5) is 0 Å². The predicted molar refractivity (Wildman–Crippen MR) is 71.3 cm³/mol. The molecule has 0 radical (unpaired) electrons. The van der Waals surface area contributed by atoms with Crippen LogP contribution >= 0.6 is 0 Å². The number of nitrogens with zero attached hydrogens (tertiary/aromatic N) is 1. The number of carboxylic acids is 1. The average Bonchev–Trinajstić information content (AvgIpc) is 2.39. The molecular formula is C14H22N2O4. The van der Waals surface area contributed by atoms with Crippen molar-refractivity contribution < 1.29 is 19.4 Å². The van der Waals surface area contributed by atoms with Crippen molar-refractivity contribution in [1.29, 1.82) is 0 Å². The molecule has 2 aliphatic heterocycles. The maximum absolute atomic E-state index is 12.0. The number of amides is 1. The van der Waals surface area contributed by atoms with Gasteiger partial charge in [0.05, 0.1) is 18.1 Å². The third kappa shape index (κ3) is 2.54. The molecule has 2 N–H and O–H groups in total. The third-order valence-electron chi connectivity index (χ3n) is 4.94. The molecule has 3 aliphatic rings. The van der Waals surface area contributed by atoms with E-state index in [1.807, 2.05) is 0 Å². The van der Waals surface area contributed by atoms with Gasteiger partial charge in [-0.15, -0.1) is 0 Å². The van der Waals surface area contributed by atoms with Gasteiger partial charge in [0.1, 0.15) is 0 Å². The lowest BCUT2D eigenvalue weighted by molar-refractivity contribution is -0.161. The van der Waals surface area contributed by atoms with Gasteiger partial charge in [0.25, 0.3) is 0 Å². The van der Waals surface area contributed by atoms with Gasteiger partial charge >= 0.3 is 5.97 Å². The quantitative estimate of drug-likeness (QED) is 0.781. The number of hydrogen-bond donors (Lipinski definition) is 2. The lowest BCUT2D eigenvalue weighted by Gasteiger charge is -2.51. The summed E-state index contributed by atoms with van der Waals surface area (Å²) in [5.74, 6) is -1.06. The summed E-state index contributed by atoms with van der Waals surface area (Å²) in [6, 6.07) is -0.249. The van der Waals surface area contributed by atoms with Crippen molar-refractivity contribution in [3.8, 4) is 0 Å². The van der Waals surface area contributed by atoms with Gasteiger partial charge < -0.3 is 15.2 Å². The van der Waals surface area contributed by atoms with E-state index in [4.69, 9.17) is 9.84 Å². The van der Waals surface area contributed by atoms with Crippen molar-refractivity contribution >= 4 is 11.9 Å². The van der Waals surface area contributed by atoms with Crippen LogP contribution in [0.1, 0.15) is 38.5 Å². The van der Waals surface area contributed by atoms with Gasteiger partial charge in [-0.05, 0) is 32.1 Å². The number of carboxylic acid groups (broad SMARTS) is 1. The van der Waals surface area contributed by atoms with Gasteiger partial charge in [0.2, 0.25) is 5.91 Å². The Kier molecular flexibility index (Phi) is 3.69. The summed E-state index contributed by atoms with van der Waals surface area (Å²) in [4.78, 5) is 25.1. The molecule has 112 valence electrons. The van der Waals surface area contributed by atoms with Crippen molar-refractivity contribution in [1.82, 2.24) is 10.2 Å². The van der Waals surface area contributed by atoms with Gasteiger partial charge in [-0.1, -0.05) is 0 Å². The zero-order chi connectivity index (χ0) is 14.2. The van der Waals surface area contributed by atoms with Crippen LogP contribution in [-0.2, 0) is 14.3 Å². The van der Waals surface area contributed by atoms with Crippen molar-refractivity contribution in [2.24, 2.45) is 0 Å². The van der Waals surface area contributed by atoms with Gasteiger partial charge in [-0.2, -0.15) is 0 Å². The molecular weight excluding hydrogens is 260 g/mol. The Labute approximate surface area is 118 Å². The summed E-state index contributed by atoms with van der Waals surface area (Å²) in [5.41, 5.74) is 0.0185. The van der Waals surface area contributed by atoms with Crippen molar-refractivity contribution in [3.05, 3.63) is 0 Å². The lowest BCUT2D eigenvalue weighted by atomic mass is 9.73. The first kappa shape index (κ1) is 13.8. The number of hydrogen-bond acceptors (Lipinski definition) is 4. The SMILES string of the molecule is O=C(O)CC1C(=O)NCCN1C1CCOC2(CCC2)C1. The Bertz CT molecular complexity index is 408. The molecule has 20 heavy (non-hydrogen) atoms. The second-order valence-electron chi connectivity index (χ2n) is 6.17. The molecule has 2 saturated heterocycles. The maximum Gasteiger partial charge on any atom is 0.305 e. The zero-order valence-corrected chi connectivity index (χ0v) is 11.6. The highest BCUT2D eigenvalue weighted by Gasteiger charge is 2.46. The molecule has 0 aromatic carbocycles. The van der Waals surface area contributed by atoms with E-state index in [0.29, 0.717) is 6.54 Å². The molecule has 3 fully saturated rings. The second kappa shape index (κ2) is 5.33. The first-order valence-electron chi connectivity index (χ1n) is 7.49. The van der Waals surface area contributed by atoms with E-state index >= 15 is 0 Å². The zero-order valence-electron chi connectivity index (χ0n) is 11.6. The van der Waals surface area contributed by atoms with Crippen LogP contribution in [0.5, 0.6) is 0 Å². The van der Waals surface area contributed by atoms with Gasteiger partial charge in [-0.25, -0.2) is 0 Å². The predicted octanol–water partition coefficient (Wildman–Crippen LogP) is 0.363. The first-order valence-corrected chi connectivity index (χ1v) is 7.49. The van der Waals surface area contributed by atoms with E-state index in [0.717, 1.165) is 38.8 Å². The molecule has 6 heteroatoms. The molecule has 2 unspecified atom stereocenters. The van der Waals surface area contributed by atoms with Crippen LogP contribution < -0.4 is 5.32 Å². The van der Waals surface area contributed by atoms with Crippen LogP contribution in [-0.4, -0.2) is 59.3 Å². The molecule has 1 aliphatic carbocycles. The molecule has 2 heterocycles. The normalized spacial score (nSPS) is 33.5. The molecule has 0 aromatic rings. The Morgan fingerprint density at radius 2 is 2.30 bits per heavy atom. The average molecular weight is 282 g/mol. The fourth-order valence-electron chi connectivity index (χ4n) is 3.75. The minimum Gasteiger partial charge on any atom is -0.481 e. The Morgan fingerprint density at radius 3 is 2.95 bits per heavy atom. The van der Waals surface area contributed by atoms with E-state index in [1.165, 1.54) is 6.42 Å². The highest BCUT2D eigenvalue weighted by molar-refractivity contribution is 5.86. The number of aliphatic carboxylic acids is 1. The smallest absolute Gasteiger partial charge is 0.305 e. The fourth-order valence-corrected chi connectivity index (χ4v) is 3.75. The molecule has 1 amide bonds. The Hall–Kier alpha value is -1.14. The third-order valence-corrected chi connectivity index (χ3v) is 4.94. The highest BCUT2D eigenvalue weighted by atomic mass is 16.5. The molecule has 2 atom stereocenters. The van der Waals surface area contributed by atoms with Crippen LogP contribution in [0.3, 0.4) is 0 Å². The van der Waals surface area contributed by atoms with E-state index in [9.17, 15) is 9.59 Å². The summed E-state index contributed by atoms with van der Waals surface area (Å²) in [7, 11) is 0. The summed E-state index contributed by atoms with van der Waals surface area (Å²) < 4.78 is 5.92. The Balaban J connectivity index is 1.72. The summed E-state index contributed by atoms with van der Waals surface area (Å²) in [6.45, 7) is 2.08. The number of carbonyl (C=O) groups excluding carboxylic acids is 1. The van der Waals surface area contributed by atoms with Gasteiger partial charge in [0.15, 0.2) is 0 Å². The molecule has 3 rings (SSSR count). The maximum atomic E-state index is 12.0. The monoisotopic (exact) mass is 282 g/mol. The number of ether oxygens (including phenoxy) is 1. The van der Waals surface area contributed by atoms with Crippen LogP contribution in [0.15, 0.2) is 0 Å². The minimum atomic E-state index is -0.914. The largest absolute Gasteiger partial charge is 0.481 e. The first-order chi connectivity index (χ1) is 9.60. The van der Waals surface area contributed by atoms with Crippen LogP contribution in [0.25, 0.3) is 0 Å². The Morgan fingerprint density at radius 1 is 1.50 bits per heavy atom. The van der Waals surface area contributed by atoms with Gasteiger partial charge in [0, 0.05) is 25.7 Å². The minimum absolute atomic E-state index is 0.0185. The fraction of sp³-hybridized carbons (Fsp3) is 0.857. The van der Waals surface area contributed by atoms with Crippen molar-refractivity contribution in [2.45, 2.75) is 56.2 Å². The number of piperazine rings is 1. The number of nitrogens with one attached hydrogen (secondary N) is 1. The van der Waals surface area contributed by atoms with E-state index in [-0.39, 0.29) is 24.0 Å². The summed E-state index contributed by atoms with van der Waals surface area (Å²) in [5, 5.41) is 11.8. The van der Waals surface area contributed by atoms with E-state index in [1.54, 1.807) is 0 Å². The number of rotatable bonds is 3. The topological polar surface area (TPSA) is 78.9 Å². The van der Waals surface area contributed by atoms with E-state index in [2.05, 4.69) is 10.2 Å². The molecule has 1 saturated carbocycles. The lowest BCUT2D eigenvalue weighted by Crippen LogP contribution is -2.62. The van der Waals surface area contributed by atoms with Crippen molar-refractivity contribution in [3.63, 3.8) is 0 Å². The van der Waals surface area contributed by atoms with Crippen molar-refractivity contribution in [2.75, 3.05) is 19.7 Å². The van der Waals surface area contributed by atoms with Crippen LogP contribution in [0, 0.1) is 0 Å². The second-order valence-corrected chi connectivity index (χ2v) is 6.17. The van der Waals surface area contributed by atoms with E-state index < -0.39 is 12.0 Å². The molecule has 1 spiro atoms. The highest BCUT2D eigenvalue weighted by Crippen LogP contribution is 2.43. The summed E-state index contributed by atoms with van der Waals surface area (Å²) >= 11 is 0. The molecule has 0 aromatic heterocycles. The standard InChI is InChI=1S/C14H22N2O4/c17-12(18)8-11-13(19)15-5-6-16(11)10-2-7-20-14(9-10)3-1-4-14/h10-11H,1-9H2,(H,15,19)(H,17,18). The molecule has 6 nitrogen and oxygen atoms in total. The summed E-state index contributed by atoms with van der Waals surface area (Å²) in [6.07, 6.45) is 5.14.